The van der Waals surface area contributed by atoms with E-state index in [-0.39, 0.29) is 11.3 Å². The number of hydrogen-bond acceptors (Lipinski definition) is 5. The highest BCUT2D eigenvalue weighted by Gasteiger charge is 2.36. The third-order valence-electron chi connectivity index (χ3n) is 3.29. The second kappa shape index (κ2) is 7.31. The van der Waals surface area contributed by atoms with Crippen LogP contribution in [0.1, 0.15) is 20.3 Å². The minimum atomic E-state index is -0.630. The lowest BCUT2D eigenvalue weighted by Gasteiger charge is -2.33. The molecule has 1 aromatic rings. The zero-order chi connectivity index (χ0) is 16.1. The Morgan fingerprint density at radius 1 is 1.41 bits per heavy atom. The lowest BCUT2D eigenvalue weighted by atomic mass is 9.99. The van der Waals surface area contributed by atoms with Crippen molar-refractivity contribution in [2.75, 3.05) is 6.61 Å². The summed E-state index contributed by atoms with van der Waals surface area (Å²) in [4.78, 5) is 24.6. The number of hydrogen-bond donors (Lipinski definition) is 1. The number of carbonyl (C=O) groups is 2. The summed E-state index contributed by atoms with van der Waals surface area (Å²) < 4.78 is 5.08. The van der Waals surface area contributed by atoms with Crippen molar-refractivity contribution in [1.29, 1.82) is 0 Å². The quantitative estimate of drug-likeness (QED) is 0.863. The molecule has 0 saturated carbocycles. The molecule has 2 N–H and O–H groups in total. The van der Waals surface area contributed by atoms with E-state index < -0.39 is 11.9 Å². The van der Waals surface area contributed by atoms with Crippen LogP contribution in [0.4, 0.5) is 4.79 Å². The molecular weight excluding hydrogens is 302 g/mol. The number of rotatable bonds is 4. The fourth-order valence-corrected chi connectivity index (χ4v) is 3.40. The van der Waals surface area contributed by atoms with E-state index in [2.05, 4.69) is 5.10 Å². The molecule has 0 bridgehead atoms. The molecule has 2 rings (SSSR count). The number of esters is 1. The number of nitrogens with zero attached hydrogens (tertiary/aromatic N) is 2. The molecule has 0 aromatic heterocycles. The smallest absolute Gasteiger partial charge is 0.336 e. The van der Waals surface area contributed by atoms with Gasteiger partial charge in [-0.25, -0.2) is 9.80 Å². The van der Waals surface area contributed by atoms with E-state index in [1.807, 2.05) is 30.3 Å². The van der Waals surface area contributed by atoms with Gasteiger partial charge in [0.15, 0.2) is 0 Å². The number of primary amides is 1. The number of nitrogens with two attached hydrogens (primary N) is 1. The van der Waals surface area contributed by atoms with Crippen LogP contribution in [0.3, 0.4) is 0 Å². The van der Waals surface area contributed by atoms with E-state index in [0.717, 1.165) is 4.90 Å². The topological polar surface area (TPSA) is 85.0 Å². The zero-order valence-corrected chi connectivity index (χ0v) is 13.4. The minimum Gasteiger partial charge on any atom is -0.465 e. The van der Waals surface area contributed by atoms with Crippen LogP contribution < -0.4 is 5.73 Å². The van der Waals surface area contributed by atoms with Gasteiger partial charge in [-0.05, 0) is 32.4 Å². The van der Waals surface area contributed by atoms with Gasteiger partial charge in [-0.3, -0.25) is 4.79 Å². The Bertz CT molecular complexity index is 577. The lowest BCUT2D eigenvalue weighted by molar-refractivity contribution is -0.146. The summed E-state index contributed by atoms with van der Waals surface area (Å²) in [5, 5.41) is 5.10. The third kappa shape index (κ3) is 3.79. The van der Waals surface area contributed by atoms with Gasteiger partial charge < -0.3 is 10.5 Å². The van der Waals surface area contributed by atoms with Crippen LogP contribution in [0, 0.1) is 5.92 Å². The van der Waals surface area contributed by atoms with Gasteiger partial charge in [0.05, 0.1) is 12.5 Å². The van der Waals surface area contributed by atoms with Crippen LogP contribution in [0.5, 0.6) is 0 Å². The fraction of sp³-hybridized carbons (Fsp3) is 0.400. The van der Waals surface area contributed by atoms with E-state index in [0.29, 0.717) is 18.7 Å². The molecule has 0 spiro atoms. The SMILES string of the molecule is CCOC(=O)[C@@H]1C[C@H](Sc2ccccc2)N(C(N)=O)N=C1C. The van der Waals surface area contributed by atoms with Gasteiger partial charge in [0.25, 0.3) is 0 Å². The molecule has 7 heteroatoms. The highest BCUT2D eigenvalue weighted by molar-refractivity contribution is 7.99. The number of hydrazone groups is 1. The molecule has 2 amide bonds. The van der Waals surface area contributed by atoms with E-state index in [1.165, 1.54) is 16.8 Å². The predicted octanol–water partition coefficient (Wildman–Crippen LogP) is 2.44. The van der Waals surface area contributed by atoms with Gasteiger partial charge in [0, 0.05) is 10.6 Å². The van der Waals surface area contributed by atoms with Crippen molar-refractivity contribution in [3.05, 3.63) is 30.3 Å². The van der Waals surface area contributed by atoms with Crippen molar-refractivity contribution in [3.8, 4) is 0 Å². The normalized spacial score (nSPS) is 21.2. The molecule has 118 valence electrons. The molecule has 1 aliphatic heterocycles. The highest BCUT2D eigenvalue weighted by Crippen LogP contribution is 2.34. The molecule has 1 aliphatic rings. The number of benzene rings is 1. The summed E-state index contributed by atoms with van der Waals surface area (Å²) in [6.07, 6.45) is 0.427. The molecular formula is C15H19N3O3S. The number of carbonyl (C=O) groups excluding carboxylic acids is 2. The molecule has 1 aromatic carbocycles. The van der Waals surface area contributed by atoms with Crippen LogP contribution in [0.15, 0.2) is 40.3 Å². The Labute approximate surface area is 133 Å². The Morgan fingerprint density at radius 2 is 2.09 bits per heavy atom. The molecule has 22 heavy (non-hydrogen) atoms. The lowest BCUT2D eigenvalue weighted by Crippen LogP contribution is -2.46. The maximum absolute atomic E-state index is 12.0. The second-order valence-electron chi connectivity index (χ2n) is 4.85. The monoisotopic (exact) mass is 321 g/mol. The van der Waals surface area contributed by atoms with Gasteiger partial charge in [0.1, 0.15) is 5.37 Å². The first-order valence-electron chi connectivity index (χ1n) is 7.05. The molecule has 6 nitrogen and oxygen atoms in total. The Hall–Kier alpha value is -2.02. The average Bonchev–Trinajstić information content (AvgIpc) is 2.49. The van der Waals surface area contributed by atoms with Crippen LogP contribution in [0.2, 0.25) is 0 Å². The third-order valence-corrected chi connectivity index (χ3v) is 4.50. The van der Waals surface area contributed by atoms with Crippen molar-refractivity contribution >= 4 is 29.5 Å². The number of ether oxygens (including phenoxy) is 1. The summed E-state index contributed by atoms with van der Waals surface area (Å²) in [5.74, 6) is -0.761. The van der Waals surface area contributed by atoms with Gasteiger partial charge in [0.2, 0.25) is 0 Å². The van der Waals surface area contributed by atoms with Gasteiger partial charge in [-0.15, -0.1) is 0 Å². The van der Waals surface area contributed by atoms with Crippen molar-refractivity contribution in [3.63, 3.8) is 0 Å². The molecule has 1 heterocycles. The fourth-order valence-electron chi connectivity index (χ4n) is 2.23. The summed E-state index contributed by atoms with van der Waals surface area (Å²) in [6.45, 7) is 3.79. The largest absolute Gasteiger partial charge is 0.465 e. The molecule has 0 unspecified atom stereocenters. The van der Waals surface area contributed by atoms with Crippen LogP contribution in [-0.2, 0) is 9.53 Å². The van der Waals surface area contributed by atoms with Gasteiger partial charge >= 0.3 is 12.0 Å². The summed E-state index contributed by atoms with van der Waals surface area (Å²) in [6, 6.07) is 8.99. The van der Waals surface area contributed by atoms with E-state index >= 15 is 0 Å². The average molecular weight is 321 g/mol. The first-order valence-corrected chi connectivity index (χ1v) is 7.93. The molecule has 0 aliphatic carbocycles. The summed E-state index contributed by atoms with van der Waals surface area (Å²) in [5.41, 5.74) is 5.95. The van der Waals surface area contributed by atoms with Crippen molar-refractivity contribution < 1.29 is 14.3 Å². The van der Waals surface area contributed by atoms with Crippen LogP contribution >= 0.6 is 11.8 Å². The van der Waals surface area contributed by atoms with E-state index in [4.69, 9.17) is 10.5 Å². The summed E-state index contributed by atoms with van der Waals surface area (Å²) >= 11 is 1.45. The molecule has 0 saturated heterocycles. The Balaban J connectivity index is 2.22. The predicted molar refractivity (Wildman–Crippen MR) is 85.4 cm³/mol. The highest BCUT2D eigenvalue weighted by atomic mass is 32.2. The number of thioether (sulfide) groups is 1. The minimum absolute atomic E-state index is 0.313. The van der Waals surface area contributed by atoms with Crippen molar-refractivity contribution in [1.82, 2.24) is 5.01 Å². The van der Waals surface area contributed by atoms with Gasteiger partial charge in [-0.1, -0.05) is 30.0 Å². The standard InChI is InChI=1S/C15H19N3O3S/c1-3-21-14(19)12-9-13(18(15(16)20)17-10(12)2)22-11-7-5-4-6-8-11/h4-8,12-13H,3,9H2,1-2H3,(H2,16,20)/t12-,13+/m1/s1. The van der Waals surface area contributed by atoms with Crippen LogP contribution in [0.25, 0.3) is 0 Å². The molecule has 0 fully saturated rings. The Morgan fingerprint density at radius 3 is 2.68 bits per heavy atom. The second-order valence-corrected chi connectivity index (χ2v) is 6.10. The van der Waals surface area contributed by atoms with Crippen LogP contribution in [-0.4, -0.2) is 34.7 Å². The molecule has 0 radical (unpaired) electrons. The van der Waals surface area contributed by atoms with E-state index in [9.17, 15) is 9.59 Å². The maximum Gasteiger partial charge on any atom is 0.336 e. The zero-order valence-electron chi connectivity index (χ0n) is 12.6. The van der Waals surface area contributed by atoms with Crippen molar-refractivity contribution in [2.24, 2.45) is 16.8 Å². The van der Waals surface area contributed by atoms with Crippen molar-refractivity contribution in [2.45, 2.75) is 30.5 Å². The number of amides is 2. The maximum atomic E-state index is 12.0. The first-order chi connectivity index (χ1) is 10.5. The van der Waals surface area contributed by atoms with Gasteiger partial charge in [-0.2, -0.15) is 5.10 Å². The summed E-state index contributed by atoms with van der Waals surface area (Å²) in [7, 11) is 0. The Kier molecular flexibility index (Phi) is 5.43. The first kappa shape index (κ1) is 16.4. The number of urea groups is 1. The molecule has 2 atom stereocenters. The van der Waals surface area contributed by atoms with E-state index in [1.54, 1.807) is 13.8 Å².